The van der Waals surface area contributed by atoms with Crippen LogP contribution in [0.4, 0.5) is 0 Å². The minimum atomic E-state index is 0.0412. The first kappa shape index (κ1) is 13.6. The summed E-state index contributed by atoms with van der Waals surface area (Å²) in [5, 5.41) is 3.10. The Balaban J connectivity index is 1.62. The molecule has 2 aliphatic rings. The molecule has 3 nitrogen and oxygen atoms in total. The number of hydrogen-bond acceptors (Lipinski definition) is 2. The highest BCUT2D eigenvalue weighted by Gasteiger charge is 2.48. The van der Waals surface area contributed by atoms with Gasteiger partial charge in [0.2, 0.25) is 5.91 Å². The van der Waals surface area contributed by atoms with E-state index in [1.807, 2.05) is 0 Å². The van der Waals surface area contributed by atoms with Crippen molar-refractivity contribution in [2.45, 2.75) is 45.7 Å². The van der Waals surface area contributed by atoms with Crippen molar-refractivity contribution in [1.82, 2.24) is 5.32 Å². The second kappa shape index (κ2) is 5.21. The maximum atomic E-state index is 12.4. The minimum Gasteiger partial charge on any atom is -0.352 e. The summed E-state index contributed by atoms with van der Waals surface area (Å²) in [5.41, 5.74) is 9.91. The Hall–Kier alpha value is -1.35. The van der Waals surface area contributed by atoms with Gasteiger partial charge < -0.3 is 11.1 Å². The second-order valence-corrected chi connectivity index (χ2v) is 6.58. The van der Waals surface area contributed by atoms with Crippen LogP contribution in [0.3, 0.4) is 0 Å². The molecule has 0 aliphatic heterocycles. The number of amides is 1. The van der Waals surface area contributed by atoms with Crippen molar-refractivity contribution in [1.29, 1.82) is 0 Å². The Labute approximate surface area is 120 Å². The maximum Gasteiger partial charge on any atom is 0.225 e. The molecule has 2 aliphatic carbocycles. The van der Waals surface area contributed by atoms with E-state index in [1.54, 1.807) is 0 Å². The smallest absolute Gasteiger partial charge is 0.225 e. The lowest BCUT2D eigenvalue weighted by atomic mass is 9.84. The van der Waals surface area contributed by atoms with E-state index < -0.39 is 0 Å². The van der Waals surface area contributed by atoms with Crippen molar-refractivity contribution in [3.05, 3.63) is 34.9 Å². The van der Waals surface area contributed by atoms with Gasteiger partial charge in [0.25, 0.3) is 0 Å². The first-order valence-electron chi connectivity index (χ1n) is 7.65. The molecule has 1 amide bonds. The Morgan fingerprint density at radius 1 is 1.30 bits per heavy atom. The topological polar surface area (TPSA) is 55.1 Å². The van der Waals surface area contributed by atoms with Gasteiger partial charge in [0.1, 0.15) is 0 Å². The Bertz CT molecular complexity index is 524. The lowest BCUT2D eigenvalue weighted by Gasteiger charge is -2.27. The molecule has 0 aromatic heterocycles. The van der Waals surface area contributed by atoms with Gasteiger partial charge in [-0.25, -0.2) is 0 Å². The fourth-order valence-electron chi connectivity index (χ4n) is 4.07. The standard InChI is InChI=1S/C17H24N2O/c1-10-3-4-14(11(2)7-10)9-19-17(20)15-12-5-6-13(8-12)16(15)18/h3-4,7,12-13,15-16H,5-6,8-9,18H2,1-2H3,(H,19,20). The molecule has 4 atom stereocenters. The van der Waals surface area contributed by atoms with Crippen molar-refractivity contribution in [3.8, 4) is 0 Å². The quantitative estimate of drug-likeness (QED) is 0.887. The molecule has 0 heterocycles. The van der Waals surface area contributed by atoms with Crippen LogP contribution in [0.2, 0.25) is 0 Å². The highest BCUT2D eigenvalue weighted by atomic mass is 16.1. The van der Waals surface area contributed by atoms with E-state index in [0.29, 0.717) is 18.4 Å². The zero-order valence-electron chi connectivity index (χ0n) is 12.4. The summed E-state index contributed by atoms with van der Waals surface area (Å²) in [4.78, 5) is 12.4. The van der Waals surface area contributed by atoms with E-state index in [1.165, 1.54) is 29.5 Å². The van der Waals surface area contributed by atoms with Gasteiger partial charge in [-0.1, -0.05) is 23.8 Å². The average molecular weight is 272 g/mol. The van der Waals surface area contributed by atoms with E-state index in [-0.39, 0.29) is 17.9 Å². The number of nitrogens with one attached hydrogen (secondary N) is 1. The van der Waals surface area contributed by atoms with E-state index in [9.17, 15) is 4.79 Å². The van der Waals surface area contributed by atoms with Crippen LogP contribution >= 0.6 is 0 Å². The molecule has 1 aromatic rings. The van der Waals surface area contributed by atoms with E-state index in [2.05, 4.69) is 37.4 Å². The maximum absolute atomic E-state index is 12.4. The summed E-state index contributed by atoms with van der Waals surface area (Å²) >= 11 is 0. The Kier molecular flexibility index (Phi) is 3.55. The summed E-state index contributed by atoms with van der Waals surface area (Å²) < 4.78 is 0. The van der Waals surface area contributed by atoms with Crippen LogP contribution in [0.25, 0.3) is 0 Å². The van der Waals surface area contributed by atoms with Gasteiger partial charge in [0.05, 0.1) is 5.92 Å². The number of rotatable bonds is 3. The number of nitrogens with two attached hydrogens (primary N) is 1. The molecule has 20 heavy (non-hydrogen) atoms. The highest BCUT2D eigenvalue weighted by Crippen LogP contribution is 2.47. The number of carbonyl (C=O) groups excluding carboxylic acids is 1. The van der Waals surface area contributed by atoms with E-state index in [4.69, 9.17) is 5.73 Å². The largest absolute Gasteiger partial charge is 0.352 e. The summed E-state index contributed by atoms with van der Waals surface area (Å²) in [6.45, 7) is 4.80. The average Bonchev–Trinajstić information content (AvgIpc) is 2.98. The number of fused-ring (bicyclic) bond motifs is 2. The van der Waals surface area contributed by atoms with Gasteiger partial charge in [-0.15, -0.1) is 0 Å². The first-order valence-corrected chi connectivity index (χ1v) is 7.65. The van der Waals surface area contributed by atoms with Gasteiger partial charge in [-0.2, -0.15) is 0 Å². The molecule has 3 heteroatoms. The fraction of sp³-hybridized carbons (Fsp3) is 0.588. The van der Waals surface area contributed by atoms with Gasteiger partial charge in [0, 0.05) is 12.6 Å². The van der Waals surface area contributed by atoms with Crippen molar-refractivity contribution in [2.24, 2.45) is 23.5 Å². The van der Waals surface area contributed by atoms with Crippen LogP contribution in [-0.4, -0.2) is 11.9 Å². The van der Waals surface area contributed by atoms with Crippen LogP contribution in [0.5, 0.6) is 0 Å². The summed E-state index contributed by atoms with van der Waals surface area (Å²) in [6.07, 6.45) is 3.55. The molecule has 3 N–H and O–H groups in total. The molecular weight excluding hydrogens is 248 g/mol. The van der Waals surface area contributed by atoms with Crippen LogP contribution in [0, 0.1) is 31.6 Å². The first-order chi connectivity index (χ1) is 9.56. The van der Waals surface area contributed by atoms with Crippen LogP contribution in [0.1, 0.15) is 36.0 Å². The monoisotopic (exact) mass is 272 g/mol. The predicted octanol–water partition coefficient (Wildman–Crippen LogP) is 2.29. The van der Waals surface area contributed by atoms with Gasteiger partial charge in [-0.05, 0) is 56.1 Å². The molecule has 0 radical (unpaired) electrons. The fourth-order valence-corrected chi connectivity index (χ4v) is 4.07. The molecule has 4 unspecified atom stereocenters. The van der Waals surface area contributed by atoms with Crippen molar-refractivity contribution in [3.63, 3.8) is 0 Å². The SMILES string of the molecule is Cc1ccc(CNC(=O)C2C3CCC(C3)C2N)c(C)c1. The molecule has 1 aromatic carbocycles. The van der Waals surface area contributed by atoms with Crippen LogP contribution in [-0.2, 0) is 11.3 Å². The van der Waals surface area contributed by atoms with Gasteiger partial charge in [-0.3, -0.25) is 4.79 Å². The summed E-state index contributed by atoms with van der Waals surface area (Å²) in [6, 6.07) is 6.43. The van der Waals surface area contributed by atoms with Crippen LogP contribution in [0.15, 0.2) is 18.2 Å². The number of aryl methyl sites for hydroxylation is 2. The Morgan fingerprint density at radius 3 is 2.70 bits per heavy atom. The molecule has 2 fully saturated rings. The molecule has 2 bridgehead atoms. The zero-order valence-corrected chi connectivity index (χ0v) is 12.4. The number of hydrogen-bond donors (Lipinski definition) is 2. The Morgan fingerprint density at radius 2 is 2.05 bits per heavy atom. The van der Waals surface area contributed by atoms with Crippen molar-refractivity contribution >= 4 is 5.91 Å². The minimum absolute atomic E-state index is 0.0412. The van der Waals surface area contributed by atoms with Gasteiger partial charge >= 0.3 is 0 Å². The van der Waals surface area contributed by atoms with E-state index >= 15 is 0 Å². The molecule has 3 rings (SSSR count). The predicted molar refractivity (Wildman–Crippen MR) is 80.1 cm³/mol. The third kappa shape index (κ3) is 2.35. The summed E-state index contributed by atoms with van der Waals surface area (Å²) in [5.74, 6) is 1.30. The molecule has 0 spiro atoms. The lowest BCUT2D eigenvalue weighted by molar-refractivity contribution is -0.127. The molecular formula is C17H24N2O. The normalized spacial score (nSPS) is 31.6. The van der Waals surface area contributed by atoms with Crippen molar-refractivity contribution in [2.75, 3.05) is 0 Å². The number of benzene rings is 1. The third-order valence-corrected chi connectivity index (χ3v) is 5.23. The molecule has 108 valence electrons. The second-order valence-electron chi connectivity index (χ2n) is 6.58. The third-order valence-electron chi connectivity index (χ3n) is 5.23. The van der Waals surface area contributed by atoms with Crippen LogP contribution < -0.4 is 11.1 Å². The van der Waals surface area contributed by atoms with Crippen molar-refractivity contribution < 1.29 is 4.79 Å². The summed E-state index contributed by atoms with van der Waals surface area (Å²) in [7, 11) is 0. The van der Waals surface area contributed by atoms with Gasteiger partial charge in [0.15, 0.2) is 0 Å². The number of carbonyl (C=O) groups is 1. The highest BCUT2D eigenvalue weighted by molar-refractivity contribution is 5.80. The molecule has 0 saturated heterocycles. The molecule has 2 saturated carbocycles. The lowest BCUT2D eigenvalue weighted by Crippen LogP contribution is -2.45. The zero-order chi connectivity index (χ0) is 14.3. The van der Waals surface area contributed by atoms with E-state index in [0.717, 1.165) is 6.42 Å².